The summed E-state index contributed by atoms with van der Waals surface area (Å²) in [5, 5.41) is 30.2. The Kier molecular flexibility index (Phi) is 12.8. The largest absolute Gasteiger partial charge is 0.481 e. The predicted molar refractivity (Wildman–Crippen MR) is 120 cm³/mol. The van der Waals surface area contributed by atoms with Crippen LogP contribution in [0.4, 0.5) is 0 Å². The lowest BCUT2D eigenvalue weighted by Gasteiger charge is -2.35. The normalized spacial score (nSPS) is 20.9. The number of allylic oxidation sites excluding steroid dienone is 2. The number of unbranched alkanes of at least 4 members (excludes halogenated alkanes) is 4. The van der Waals surface area contributed by atoms with E-state index in [4.69, 9.17) is 5.11 Å². The summed E-state index contributed by atoms with van der Waals surface area (Å²) in [5.41, 5.74) is 1.52. The SMILES string of the molecule is CCCCC(C)C(CC=C1CCC[C@@H]1CCCCCCC(=O)O)C(O)(O)CCC. The first kappa shape index (κ1) is 26.2. The summed E-state index contributed by atoms with van der Waals surface area (Å²) in [5.74, 6) is -1.42. The van der Waals surface area contributed by atoms with Crippen molar-refractivity contribution >= 4 is 5.97 Å². The lowest BCUT2D eigenvalue weighted by Crippen LogP contribution is -2.41. The zero-order chi connectivity index (χ0) is 21.7. The molecule has 0 aromatic heterocycles. The first-order chi connectivity index (χ1) is 13.8. The molecule has 4 nitrogen and oxygen atoms in total. The summed E-state index contributed by atoms with van der Waals surface area (Å²) in [4.78, 5) is 10.6. The number of aliphatic hydroxyl groups is 2. The van der Waals surface area contributed by atoms with Gasteiger partial charge >= 0.3 is 5.97 Å². The van der Waals surface area contributed by atoms with Crippen molar-refractivity contribution in [1.29, 1.82) is 0 Å². The van der Waals surface area contributed by atoms with Gasteiger partial charge in [0.25, 0.3) is 0 Å². The molecule has 0 aromatic rings. The van der Waals surface area contributed by atoms with Gasteiger partial charge < -0.3 is 15.3 Å². The number of hydrogen-bond acceptors (Lipinski definition) is 3. The van der Waals surface area contributed by atoms with Crippen LogP contribution in [-0.4, -0.2) is 27.1 Å². The van der Waals surface area contributed by atoms with Gasteiger partial charge in [-0.3, -0.25) is 4.79 Å². The summed E-state index contributed by atoms with van der Waals surface area (Å²) in [6.07, 6.45) is 16.8. The summed E-state index contributed by atoms with van der Waals surface area (Å²) < 4.78 is 0. The van der Waals surface area contributed by atoms with Crippen molar-refractivity contribution in [2.45, 2.75) is 123 Å². The van der Waals surface area contributed by atoms with Crippen LogP contribution in [0.3, 0.4) is 0 Å². The molecule has 0 aromatic carbocycles. The van der Waals surface area contributed by atoms with Crippen molar-refractivity contribution < 1.29 is 20.1 Å². The van der Waals surface area contributed by atoms with Crippen LogP contribution in [0.15, 0.2) is 11.6 Å². The molecule has 3 N–H and O–H groups in total. The first-order valence-corrected chi connectivity index (χ1v) is 12.2. The molecule has 2 unspecified atom stereocenters. The monoisotopic (exact) mass is 410 g/mol. The average molecular weight is 411 g/mol. The van der Waals surface area contributed by atoms with Crippen molar-refractivity contribution in [2.75, 3.05) is 0 Å². The van der Waals surface area contributed by atoms with Gasteiger partial charge in [-0.25, -0.2) is 0 Å². The van der Waals surface area contributed by atoms with Crippen molar-refractivity contribution in [2.24, 2.45) is 17.8 Å². The Hall–Kier alpha value is -0.870. The standard InChI is InChI=1S/C25H46O4/c1-4-6-12-20(3)23(25(28,29)19-5-2)18-17-22-15-11-14-21(22)13-9-7-8-10-16-24(26)27/h17,20-21,23,28-29H,4-16,18-19H2,1-3H3,(H,26,27)/t20?,21-,23?/m0/s1. The highest BCUT2D eigenvalue weighted by Crippen LogP contribution is 2.38. The Labute approximate surface area is 178 Å². The topological polar surface area (TPSA) is 77.8 Å². The lowest BCUT2D eigenvalue weighted by molar-refractivity contribution is -0.215. The molecule has 1 saturated carbocycles. The van der Waals surface area contributed by atoms with Gasteiger partial charge in [-0.05, 0) is 50.4 Å². The van der Waals surface area contributed by atoms with E-state index in [0.29, 0.717) is 18.3 Å². The van der Waals surface area contributed by atoms with Crippen molar-refractivity contribution in [3.8, 4) is 0 Å². The van der Waals surface area contributed by atoms with Gasteiger partial charge in [0, 0.05) is 18.8 Å². The van der Waals surface area contributed by atoms with Gasteiger partial charge in [-0.2, -0.15) is 0 Å². The zero-order valence-electron chi connectivity index (χ0n) is 19.2. The summed E-state index contributed by atoms with van der Waals surface area (Å²) in [6.45, 7) is 6.38. The Morgan fingerprint density at radius 3 is 2.52 bits per heavy atom. The summed E-state index contributed by atoms with van der Waals surface area (Å²) in [7, 11) is 0. The van der Waals surface area contributed by atoms with E-state index in [0.717, 1.165) is 64.2 Å². The van der Waals surface area contributed by atoms with Crippen LogP contribution in [0.1, 0.15) is 117 Å². The highest BCUT2D eigenvalue weighted by Gasteiger charge is 2.36. The van der Waals surface area contributed by atoms with Gasteiger partial charge in [0.1, 0.15) is 0 Å². The van der Waals surface area contributed by atoms with E-state index >= 15 is 0 Å². The fraction of sp³-hybridized carbons (Fsp3) is 0.880. The zero-order valence-corrected chi connectivity index (χ0v) is 19.2. The molecule has 3 atom stereocenters. The molecule has 170 valence electrons. The minimum Gasteiger partial charge on any atom is -0.481 e. The van der Waals surface area contributed by atoms with Crippen LogP contribution < -0.4 is 0 Å². The van der Waals surface area contributed by atoms with E-state index in [2.05, 4.69) is 19.9 Å². The van der Waals surface area contributed by atoms with E-state index in [-0.39, 0.29) is 12.3 Å². The highest BCUT2D eigenvalue weighted by molar-refractivity contribution is 5.66. The summed E-state index contributed by atoms with van der Waals surface area (Å²) >= 11 is 0. The Bertz CT molecular complexity index is 483. The van der Waals surface area contributed by atoms with E-state index in [1.807, 2.05) is 6.92 Å². The number of carbonyl (C=O) groups is 1. The molecule has 0 bridgehead atoms. The number of rotatable bonds is 16. The van der Waals surface area contributed by atoms with Crippen LogP contribution >= 0.6 is 0 Å². The minimum atomic E-state index is -1.57. The van der Waals surface area contributed by atoms with E-state index in [1.165, 1.54) is 24.8 Å². The molecule has 4 heteroatoms. The van der Waals surface area contributed by atoms with Gasteiger partial charge in [-0.15, -0.1) is 0 Å². The molecule has 29 heavy (non-hydrogen) atoms. The van der Waals surface area contributed by atoms with Gasteiger partial charge in [-0.1, -0.05) is 77.4 Å². The van der Waals surface area contributed by atoms with Crippen LogP contribution in [0.25, 0.3) is 0 Å². The number of carboxylic acid groups (broad SMARTS) is 1. The molecule has 0 radical (unpaired) electrons. The first-order valence-electron chi connectivity index (χ1n) is 12.2. The molecule has 1 fully saturated rings. The maximum Gasteiger partial charge on any atom is 0.303 e. The van der Waals surface area contributed by atoms with Crippen molar-refractivity contribution in [1.82, 2.24) is 0 Å². The molecular weight excluding hydrogens is 364 g/mol. The third-order valence-corrected chi connectivity index (χ3v) is 6.78. The molecule has 0 saturated heterocycles. The number of hydrogen-bond donors (Lipinski definition) is 3. The maximum absolute atomic E-state index is 10.7. The smallest absolute Gasteiger partial charge is 0.303 e. The second kappa shape index (κ2) is 14.2. The summed E-state index contributed by atoms with van der Waals surface area (Å²) in [6, 6.07) is 0. The number of aliphatic carboxylic acids is 1. The molecule has 0 aliphatic heterocycles. The average Bonchev–Trinajstić information content (AvgIpc) is 3.09. The van der Waals surface area contributed by atoms with Crippen LogP contribution in [0, 0.1) is 17.8 Å². The predicted octanol–water partition coefficient (Wildman–Crippen LogP) is 6.45. The fourth-order valence-corrected chi connectivity index (χ4v) is 5.00. The Balaban J connectivity index is 2.60. The fourth-order valence-electron chi connectivity index (χ4n) is 5.00. The molecule has 0 amide bonds. The maximum atomic E-state index is 10.7. The van der Waals surface area contributed by atoms with Crippen LogP contribution in [0.2, 0.25) is 0 Å². The van der Waals surface area contributed by atoms with E-state index < -0.39 is 11.8 Å². The van der Waals surface area contributed by atoms with Crippen molar-refractivity contribution in [3.05, 3.63) is 11.6 Å². The Morgan fingerprint density at radius 1 is 1.14 bits per heavy atom. The van der Waals surface area contributed by atoms with Crippen LogP contribution in [0.5, 0.6) is 0 Å². The third kappa shape index (κ3) is 10.1. The van der Waals surface area contributed by atoms with Gasteiger partial charge in [0.05, 0.1) is 0 Å². The second-order valence-electron chi connectivity index (χ2n) is 9.31. The Morgan fingerprint density at radius 2 is 1.86 bits per heavy atom. The molecular formula is C25H46O4. The van der Waals surface area contributed by atoms with Crippen molar-refractivity contribution in [3.63, 3.8) is 0 Å². The minimum absolute atomic E-state index is 0.0984. The third-order valence-electron chi connectivity index (χ3n) is 6.78. The quantitative estimate of drug-likeness (QED) is 0.155. The molecule has 0 spiro atoms. The number of carboxylic acids is 1. The molecule has 1 rings (SSSR count). The van der Waals surface area contributed by atoms with E-state index in [1.54, 1.807) is 0 Å². The van der Waals surface area contributed by atoms with Gasteiger partial charge in [0.15, 0.2) is 5.79 Å². The van der Waals surface area contributed by atoms with E-state index in [9.17, 15) is 15.0 Å². The second-order valence-corrected chi connectivity index (χ2v) is 9.31. The molecule has 0 heterocycles. The molecule has 1 aliphatic carbocycles. The highest BCUT2D eigenvalue weighted by atomic mass is 16.5. The molecule has 1 aliphatic rings. The van der Waals surface area contributed by atoms with Crippen LogP contribution in [-0.2, 0) is 4.79 Å². The van der Waals surface area contributed by atoms with Gasteiger partial charge in [0.2, 0.25) is 0 Å². The lowest BCUT2D eigenvalue weighted by atomic mass is 9.78.